The maximum Gasteiger partial charge on any atom is 0.349 e. The Morgan fingerprint density at radius 1 is 0.689 bits per heavy atom. The van der Waals surface area contributed by atoms with Crippen LogP contribution in [0.3, 0.4) is 0 Å². The first-order valence-electron chi connectivity index (χ1n) is 22.0. The Balaban J connectivity index is 1.11. The molecule has 4 aromatic carbocycles. The van der Waals surface area contributed by atoms with E-state index in [-0.39, 0.29) is 41.4 Å². The van der Waals surface area contributed by atoms with Crippen molar-refractivity contribution in [3.8, 4) is 6.07 Å². The number of hydrogen-bond acceptors (Lipinski definition) is 10. The molecule has 1 N–H and O–H groups in total. The van der Waals surface area contributed by atoms with E-state index in [1.165, 1.54) is 5.39 Å². The Hall–Kier alpha value is -3.51. The molecular formula is C50H65NO9Si. The summed E-state index contributed by atoms with van der Waals surface area (Å²) in [5.41, 5.74) is 3.18. The van der Waals surface area contributed by atoms with Gasteiger partial charge in [0.2, 0.25) is 0 Å². The first-order valence-corrected chi connectivity index (χ1v) is 23.8. The quantitative estimate of drug-likeness (QED) is 0.109. The zero-order chi connectivity index (χ0) is 43.0. The van der Waals surface area contributed by atoms with E-state index in [9.17, 15) is 10.4 Å². The third kappa shape index (κ3) is 11.2. The third-order valence-electron chi connectivity index (χ3n) is 12.4. The van der Waals surface area contributed by atoms with Crippen molar-refractivity contribution in [1.82, 2.24) is 0 Å². The average molecular weight is 852 g/mol. The molecule has 11 heteroatoms. The van der Waals surface area contributed by atoms with Crippen LogP contribution in [0.4, 0.5) is 0 Å². The minimum absolute atomic E-state index is 0.0744. The Kier molecular flexibility index (Phi) is 15.2. The van der Waals surface area contributed by atoms with Gasteiger partial charge in [-0.1, -0.05) is 139 Å². The molecular weight excluding hydrogens is 787 g/mol. The minimum Gasteiger partial charge on any atom is -0.396 e. The first-order chi connectivity index (χ1) is 29.4. The van der Waals surface area contributed by atoms with Gasteiger partial charge in [-0.25, -0.2) is 0 Å². The van der Waals surface area contributed by atoms with Crippen LogP contribution in [0.2, 0.25) is 10.1 Å². The van der Waals surface area contributed by atoms with E-state index in [0.29, 0.717) is 52.3 Å². The van der Waals surface area contributed by atoms with E-state index < -0.39 is 45.2 Å². The average Bonchev–Trinajstić information content (AvgIpc) is 3.25. The van der Waals surface area contributed by atoms with Crippen LogP contribution >= 0.6 is 0 Å². The molecule has 9 atom stereocenters. The first kappa shape index (κ1) is 45.5. The molecule has 1 unspecified atom stereocenters. The van der Waals surface area contributed by atoms with E-state index in [1.807, 2.05) is 60.7 Å². The normalized spacial score (nSPS) is 27.2. The summed E-state index contributed by atoms with van der Waals surface area (Å²) in [5.74, 6) is 0. The van der Waals surface area contributed by atoms with Crippen LogP contribution in [0.15, 0.2) is 103 Å². The molecule has 7 rings (SSSR count). The highest BCUT2D eigenvalue weighted by atomic mass is 28.4. The van der Waals surface area contributed by atoms with Gasteiger partial charge in [-0.15, -0.1) is 0 Å². The van der Waals surface area contributed by atoms with Crippen LogP contribution in [0, 0.1) is 11.3 Å². The lowest BCUT2D eigenvalue weighted by atomic mass is 9.93. The van der Waals surface area contributed by atoms with Crippen molar-refractivity contribution < 1.29 is 42.4 Å². The highest BCUT2D eigenvalue weighted by molar-refractivity contribution is 6.73. The Morgan fingerprint density at radius 3 is 1.97 bits per heavy atom. The van der Waals surface area contributed by atoms with Gasteiger partial charge in [-0.2, -0.15) is 5.26 Å². The van der Waals surface area contributed by atoms with Crippen LogP contribution in [0.5, 0.6) is 0 Å². The van der Waals surface area contributed by atoms with Gasteiger partial charge in [0.05, 0.1) is 75.7 Å². The van der Waals surface area contributed by atoms with Crippen molar-refractivity contribution in [1.29, 1.82) is 5.26 Å². The van der Waals surface area contributed by atoms with Crippen molar-refractivity contribution in [2.24, 2.45) is 0 Å². The number of hydrogen-bond donors (Lipinski definition) is 1. The lowest BCUT2D eigenvalue weighted by molar-refractivity contribution is -0.234. The minimum atomic E-state index is -2.80. The maximum absolute atomic E-state index is 10.8. The van der Waals surface area contributed by atoms with Crippen molar-refractivity contribution in [3.05, 3.63) is 120 Å². The van der Waals surface area contributed by atoms with E-state index in [0.717, 1.165) is 22.1 Å². The van der Waals surface area contributed by atoms with Gasteiger partial charge in [-0.3, -0.25) is 0 Å². The fourth-order valence-corrected chi connectivity index (χ4v) is 14.4. The highest BCUT2D eigenvalue weighted by Gasteiger charge is 2.63. The topological polar surface area (TPSA) is 118 Å². The number of aliphatic hydroxyl groups excluding tert-OH is 1. The van der Waals surface area contributed by atoms with Crippen molar-refractivity contribution in [3.63, 3.8) is 0 Å². The SMILES string of the molecule is CC(C)(C)[Si]1(C(C)(C)C)OC[C@H]2O[C@@H](CCO)[C@H](OC(C#N)C[C@H]3O[C@@H](COCc4ccccc4)[C@H](OCc4ccccc4)C[C@@H]3OCc3ccc4ccccc4c3)C[C@@H]2O1. The van der Waals surface area contributed by atoms with Gasteiger partial charge >= 0.3 is 8.56 Å². The van der Waals surface area contributed by atoms with E-state index in [1.54, 1.807) is 0 Å². The summed E-state index contributed by atoms with van der Waals surface area (Å²) in [6.45, 7) is 15.0. The molecule has 0 spiro atoms. The number of ether oxygens (including phenoxy) is 6. The molecule has 0 saturated carbocycles. The zero-order valence-electron chi connectivity index (χ0n) is 36.7. The summed E-state index contributed by atoms with van der Waals surface area (Å²) in [6.07, 6.45) is -2.36. The summed E-state index contributed by atoms with van der Waals surface area (Å²) in [4.78, 5) is 0. The maximum atomic E-state index is 10.8. The molecule has 3 saturated heterocycles. The number of nitrogens with zero attached hydrogens (tertiary/aromatic N) is 1. The molecule has 0 bridgehead atoms. The predicted octanol–water partition coefficient (Wildman–Crippen LogP) is 9.35. The molecule has 0 radical (unpaired) electrons. The summed E-state index contributed by atoms with van der Waals surface area (Å²) < 4.78 is 53.9. The van der Waals surface area contributed by atoms with Gasteiger partial charge in [0.15, 0.2) is 0 Å². The van der Waals surface area contributed by atoms with Crippen LogP contribution in [0.1, 0.15) is 83.9 Å². The lowest BCUT2D eigenvalue weighted by Gasteiger charge is -2.56. The molecule has 4 aromatic rings. The van der Waals surface area contributed by atoms with Crippen LogP contribution in [-0.4, -0.2) is 88.4 Å². The van der Waals surface area contributed by atoms with Gasteiger partial charge in [0.1, 0.15) is 18.3 Å². The number of aliphatic hydroxyl groups is 1. The van der Waals surface area contributed by atoms with Crippen molar-refractivity contribution in [2.45, 2.75) is 152 Å². The number of benzene rings is 4. The monoisotopic (exact) mass is 851 g/mol. The molecule has 3 heterocycles. The summed E-state index contributed by atoms with van der Waals surface area (Å²) in [5, 5.41) is 22.8. The molecule has 328 valence electrons. The van der Waals surface area contributed by atoms with E-state index in [4.69, 9.17) is 37.3 Å². The number of fused-ring (bicyclic) bond motifs is 2. The third-order valence-corrected chi connectivity index (χ3v) is 17.5. The van der Waals surface area contributed by atoms with E-state index in [2.05, 4.69) is 90.1 Å². The number of rotatable bonds is 16. The molecule has 0 aromatic heterocycles. The fraction of sp³-hybridized carbons (Fsp3) is 0.540. The Labute approximate surface area is 363 Å². The van der Waals surface area contributed by atoms with Crippen LogP contribution in [-0.2, 0) is 57.1 Å². The van der Waals surface area contributed by atoms with E-state index >= 15 is 0 Å². The second-order valence-electron chi connectivity index (χ2n) is 18.9. The summed E-state index contributed by atoms with van der Waals surface area (Å²) in [6, 6.07) is 37.3. The Morgan fingerprint density at radius 2 is 1.31 bits per heavy atom. The van der Waals surface area contributed by atoms with Crippen molar-refractivity contribution >= 4 is 19.3 Å². The predicted molar refractivity (Wildman–Crippen MR) is 237 cm³/mol. The second kappa shape index (κ2) is 20.3. The zero-order valence-corrected chi connectivity index (χ0v) is 37.7. The molecule has 0 aliphatic carbocycles. The molecule has 10 nitrogen and oxygen atoms in total. The Bertz CT molecular complexity index is 2000. The van der Waals surface area contributed by atoms with Gasteiger partial charge in [0.25, 0.3) is 0 Å². The molecule has 3 fully saturated rings. The molecule has 3 aliphatic heterocycles. The van der Waals surface area contributed by atoms with Crippen molar-refractivity contribution in [2.75, 3.05) is 19.8 Å². The van der Waals surface area contributed by atoms with Crippen LogP contribution < -0.4 is 0 Å². The smallest absolute Gasteiger partial charge is 0.349 e. The largest absolute Gasteiger partial charge is 0.396 e. The fourth-order valence-electron chi connectivity index (χ4n) is 9.46. The summed E-state index contributed by atoms with van der Waals surface area (Å²) in [7, 11) is -2.80. The van der Waals surface area contributed by atoms with Gasteiger partial charge in [0, 0.05) is 35.9 Å². The molecule has 3 aliphatic rings. The second-order valence-corrected chi connectivity index (χ2v) is 23.6. The number of nitriles is 1. The van der Waals surface area contributed by atoms with Gasteiger partial charge in [-0.05, 0) is 39.9 Å². The lowest BCUT2D eigenvalue weighted by Crippen LogP contribution is -2.67. The van der Waals surface area contributed by atoms with Gasteiger partial charge < -0.3 is 42.4 Å². The van der Waals surface area contributed by atoms with Crippen LogP contribution in [0.25, 0.3) is 10.8 Å². The highest BCUT2D eigenvalue weighted by Crippen LogP contribution is 2.55. The summed E-state index contributed by atoms with van der Waals surface area (Å²) >= 11 is 0. The molecule has 0 amide bonds. The standard InChI is InChI=1S/C50H65NO9Si/c1-49(2,3)61(50(4,5)6)56-34-48-46(60-61)28-45(41(58-48)23-24-52)57-40(29-51)26-44-42(55-32-37-21-22-38-19-13-14-20-39(38)25-37)27-43(54-31-36-17-11-8-12-18-36)47(59-44)33-53-30-35-15-9-7-10-16-35/h7-22,25,40-48,52H,23-24,26-28,30-34H2,1-6H3/t40?,41-,42-,43+,44+,45+,46-,47-,48+/m0/s1. The molecule has 61 heavy (non-hydrogen) atoms.